The van der Waals surface area contributed by atoms with Crippen LogP contribution in [0.25, 0.3) is 21.7 Å². The summed E-state index contributed by atoms with van der Waals surface area (Å²) in [7, 11) is 0. The summed E-state index contributed by atoms with van der Waals surface area (Å²) in [6.45, 7) is -0.263. The van der Waals surface area contributed by atoms with E-state index in [1.807, 2.05) is 0 Å². The third-order valence-electron chi connectivity index (χ3n) is 7.71. The van der Waals surface area contributed by atoms with E-state index in [0.29, 0.717) is 33.8 Å². The van der Waals surface area contributed by atoms with Crippen molar-refractivity contribution in [2.45, 2.75) is 43.8 Å². The first-order chi connectivity index (χ1) is 21.6. The molecule has 2 atom stereocenters. The Hall–Kier alpha value is -4.77. The van der Waals surface area contributed by atoms with Crippen molar-refractivity contribution in [3.05, 3.63) is 71.5 Å². The topological polar surface area (TPSA) is 115 Å². The minimum absolute atomic E-state index is 0.0128. The fourth-order valence-electron chi connectivity index (χ4n) is 5.63. The summed E-state index contributed by atoms with van der Waals surface area (Å²) in [5, 5.41) is 21.2. The molecule has 232 valence electrons. The number of pyridine rings is 1. The number of anilines is 2. The highest BCUT2D eigenvalue weighted by atomic mass is 32.1. The van der Waals surface area contributed by atoms with E-state index in [0.717, 1.165) is 0 Å². The van der Waals surface area contributed by atoms with Crippen LogP contribution in [0.15, 0.2) is 60.1 Å². The van der Waals surface area contributed by atoms with Crippen LogP contribution in [0.3, 0.4) is 0 Å². The summed E-state index contributed by atoms with van der Waals surface area (Å²) in [6.07, 6.45) is -2.31. The van der Waals surface area contributed by atoms with E-state index in [2.05, 4.69) is 21.0 Å². The van der Waals surface area contributed by atoms with Crippen LogP contribution in [0.5, 0.6) is 5.88 Å². The monoisotopic (exact) mass is 638 g/mol. The average molecular weight is 639 g/mol. The molecule has 2 aliphatic rings. The van der Waals surface area contributed by atoms with Gasteiger partial charge in [-0.2, -0.15) is 5.26 Å². The van der Waals surface area contributed by atoms with Crippen molar-refractivity contribution in [2.75, 3.05) is 29.4 Å². The largest absolute Gasteiger partial charge is 0.480 e. The number of aliphatic carboxylic acids is 1. The zero-order chi connectivity index (χ0) is 31.7. The predicted octanol–water partition coefficient (Wildman–Crippen LogP) is 6.42. The Morgan fingerprint density at radius 2 is 2.00 bits per heavy atom. The lowest BCUT2D eigenvalue weighted by atomic mass is 10.0. The molecule has 0 radical (unpaired) electrons. The highest BCUT2D eigenvalue weighted by Gasteiger charge is 2.41. The number of nitriles is 1. The molecular formula is C31H26F4N6O3S. The number of hydrogen-bond donors (Lipinski definition) is 1. The number of nitrogens with zero attached hydrogens (tertiary/aromatic N) is 6. The Morgan fingerprint density at radius 3 is 2.71 bits per heavy atom. The molecule has 4 aromatic rings. The number of piperidine rings is 1. The zero-order valence-corrected chi connectivity index (χ0v) is 24.4. The van der Waals surface area contributed by atoms with Gasteiger partial charge < -0.3 is 19.6 Å². The fraction of sp³-hybridized carbons (Fsp3) is 0.323. The summed E-state index contributed by atoms with van der Waals surface area (Å²) < 4.78 is 62.9. The van der Waals surface area contributed by atoms with Crippen LogP contribution in [0.2, 0.25) is 0 Å². The molecule has 0 spiro atoms. The van der Waals surface area contributed by atoms with Gasteiger partial charge in [-0.3, -0.25) is 0 Å². The van der Waals surface area contributed by atoms with E-state index in [4.69, 9.17) is 4.74 Å². The van der Waals surface area contributed by atoms with Gasteiger partial charge in [0.25, 0.3) is 12.3 Å². The molecule has 2 fully saturated rings. The Kier molecular flexibility index (Phi) is 8.28. The van der Waals surface area contributed by atoms with Gasteiger partial charge in [0, 0.05) is 37.2 Å². The number of alkyl halides is 4. The third-order valence-corrected chi connectivity index (χ3v) is 8.60. The lowest BCUT2D eigenvalue weighted by molar-refractivity contribution is -0.138. The first-order valence-electron chi connectivity index (χ1n) is 14.1. The molecule has 6 rings (SSSR count). The number of hydrogen-bond acceptors (Lipinski definition) is 9. The molecule has 14 heteroatoms. The number of halogens is 4. The quantitative estimate of drug-likeness (QED) is 0.218. The van der Waals surface area contributed by atoms with E-state index in [1.165, 1.54) is 33.4 Å². The maximum absolute atomic E-state index is 14.5. The Balaban J connectivity index is 1.34. The third kappa shape index (κ3) is 6.53. The normalized spacial score (nSPS) is 19.5. The maximum Gasteiger partial charge on any atom is 0.326 e. The first kappa shape index (κ1) is 30.3. The molecule has 0 amide bonds. The molecule has 0 aliphatic carbocycles. The van der Waals surface area contributed by atoms with Crippen molar-refractivity contribution < 1.29 is 32.2 Å². The molecule has 2 aliphatic heterocycles. The number of carbonyl (C=O) groups is 1. The van der Waals surface area contributed by atoms with Crippen molar-refractivity contribution in [3.63, 3.8) is 0 Å². The van der Waals surface area contributed by atoms with Crippen LogP contribution in [-0.2, 0) is 4.79 Å². The lowest BCUT2D eigenvalue weighted by Gasteiger charge is -2.35. The smallest absolute Gasteiger partial charge is 0.326 e. The van der Waals surface area contributed by atoms with E-state index in [-0.39, 0.29) is 43.2 Å². The van der Waals surface area contributed by atoms with Gasteiger partial charge in [0.2, 0.25) is 5.88 Å². The van der Waals surface area contributed by atoms with Crippen LogP contribution in [0.1, 0.15) is 37.1 Å². The van der Waals surface area contributed by atoms with Crippen molar-refractivity contribution in [3.8, 4) is 33.6 Å². The van der Waals surface area contributed by atoms with Gasteiger partial charge in [-0.25, -0.2) is 37.3 Å². The average Bonchev–Trinajstić information content (AvgIpc) is 3.72. The number of thiophene rings is 1. The van der Waals surface area contributed by atoms with E-state index in [9.17, 15) is 32.7 Å². The van der Waals surface area contributed by atoms with Gasteiger partial charge in [0.1, 0.15) is 23.7 Å². The minimum Gasteiger partial charge on any atom is -0.480 e. The standard InChI is InChI=1S/C31H26F4N6O3S/c32-27(33)28-38-22(25-6-2-9-45-25)13-26(39-28)41-16-21(12-24(41)30(42)43)44-29-23(40-8-3-7-31(34,35)17-40)11-20(15-37-29)19-5-1-4-18(10-19)14-36/h1-2,4-6,9-11,13,15,21,24,27H,3,7-8,12,16-17H2,(H,42,43)/t21-,24-/m0/s1. The molecular weight excluding hydrogens is 612 g/mol. The number of rotatable bonds is 8. The van der Waals surface area contributed by atoms with Gasteiger partial charge in [-0.05, 0) is 41.6 Å². The fourth-order valence-corrected chi connectivity index (χ4v) is 6.32. The van der Waals surface area contributed by atoms with Crippen molar-refractivity contribution in [1.29, 1.82) is 5.26 Å². The van der Waals surface area contributed by atoms with E-state index in [1.54, 1.807) is 47.8 Å². The predicted molar refractivity (Wildman–Crippen MR) is 159 cm³/mol. The van der Waals surface area contributed by atoms with Gasteiger partial charge >= 0.3 is 5.97 Å². The molecule has 1 N–H and O–H groups in total. The molecule has 45 heavy (non-hydrogen) atoms. The van der Waals surface area contributed by atoms with Crippen molar-refractivity contribution in [2.24, 2.45) is 0 Å². The van der Waals surface area contributed by atoms with Crippen LogP contribution < -0.4 is 14.5 Å². The van der Waals surface area contributed by atoms with E-state index < -0.39 is 42.8 Å². The highest BCUT2D eigenvalue weighted by Crippen LogP contribution is 2.39. The number of ether oxygens (including phenoxy) is 1. The van der Waals surface area contributed by atoms with Gasteiger partial charge in [-0.1, -0.05) is 18.2 Å². The van der Waals surface area contributed by atoms with E-state index >= 15 is 0 Å². The van der Waals surface area contributed by atoms with Crippen LogP contribution in [-0.4, -0.2) is 63.7 Å². The molecule has 9 nitrogen and oxygen atoms in total. The number of aromatic nitrogens is 3. The van der Waals surface area contributed by atoms with Gasteiger partial charge in [0.15, 0.2) is 5.82 Å². The summed E-state index contributed by atoms with van der Waals surface area (Å²) in [5.41, 5.74) is 2.22. The zero-order valence-electron chi connectivity index (χ0n) is 23.6. The molecule has 1 aromatic carbocycles. The van der Waals surface area contributed by atoms with Crippen LogP contribution in [0, 0.1) is 11.3 Å². The molecule has 5 heterocycles. The number of benzene rings is 1. The second kappa shape index (κ2) is 12.3. The SMILES string of the molecule is N#Cc1cccc(-c2cnc(O[C@H]3C[C@@H](C(=O)O)N(c4cc(-c5cccs5)nc(C(F)F)n4)C3)c(N3CCCC(F)(F)C3)c2)c1. The van der Waals surface area contributed by atoms with Gasteiger partial charge in [-0.15, -0.1) is 11.3 Å². The molecule has 2 saturated heterocycles. The second-order valence-electron chi connectivity index (χ2n) is 10.9. The summed E-state index contributed by atoms with van der Waals surface area (Å²) >= 11 is 1.30. The molecule has 0 saturated carbocycles. The lowest BCUT2D eigenvalue weighted by Crippen LogP contribution is -2.43. The Morgan fingerprint density at radius 1 is 1.16 bits per heavy atom. The summed E-state index contributed by atoms with van der Waals surface area (Å²) in [5.74, 6) is -4.80. The maximum atomic E-state index is 14.5. The van der Waals surface area contributed by atoms with Crippen LogP contribution in [0.4, 0.5) is 29.1 Å². The number of carboxylic acid groups (broad SMARTS) is 1. The molecule has 0 unspecified atom stereocenters. The highest BCUT2D eigenvalue weighted by molar-refractivity contribution is 7.13. The van der Waals surface area contributed by atoms with Gasteiger partial charge in [0.05, 0.1) is 35.3 Å². The second-order valence-corrected chi connectivity index (χ2v) is 11.8. The minimum atomic E-state index is -2.98. The number of carboxylic acids is 1. The Bertz CT molecular complexity index is 1750. The summed E-state index contributed by atoms with van der Waals surface area (Å²) in [6, 6.07) is 14.3. The summed E-state index contributed by atoms with van der Waals surface area (Å²) in [4.78, 5) is 28.3. The van der Waals surface area contributed by atoms with Crippen molar-refractivity contribution >= 4 is 28.8 Å². The molecule has 3 aromatic heterocycles. The Labute approximate surface area is 259 Å². The van der Waals surface area contributed by atoms with Crippen molar-refractivity contribution in [1.82, 2.24) is 15.0 Å². The first-order valence-corrected chi connectivity index (χ1v) is 15.0. The molecule has 0 bridgehead atoms. The van der Waals surface area contributed by atoms with Crippen LogP contribution >= 0.6 is 11.3 Å².